The van der Waals surface area contributed by atoms with E-state index in [1.165, 1.54) is 0 Å². The SMILES string of the molecule is CC(C)(C)OC(=O)NCCC(=O)N1CCCN(C(=O)c2cccc3ccccc23)CC1. The molecule has 31 heavy (non-hydrogen) atoms. The fourth-order valence-corrected chi connectivity index (χ4v) is 3.70. The number of alkyl carbamates (subject to hydrolysis) is 1. The van der Waals surface area contributed by atoms with E-state index in [1.54, 1.807) is 25.7 Å². The quantitative estimate of drug-likeness (QED) is 0.814. The number of carbonyl (C=O) groups is 3. The molecule has 0 aliphatic carbocycles. The van der Waals surface area contributed by atoms with Gasteiger partial charge in [0.25, 0.3) is 5.91 Å². The molecule has 166 valence electrons. The van der Waals surface area contributed by atoms with E-state index in [2.05, 4.69) is 5.32 Å². The molecule has 0 aromatic heterocycles. The van der Waals surface area contributed by atoms with Crippen molar-refractivity contribution < 1.29 is 19.1 Å². The molecule has 0 atom stereocenters. The zero-order valence-electron chi connectivity index (χ0n) is 18.5. The molecule has 0 unspecified atom stereocenters. The Labute approximate surface area is 183 Å². The van der Waals surface area contributed by atoms with Gasteiger partial charge in [-0.15, -0.1) is 0 Å². The van der Waals surface area contributed by atoms with Crippen molar-refractivity contribution in [2.75, 3.05) is 32.7 Å². The highest BCUT2D eigenvalue weighted by atomic mass is 16.6. The predicted molar refractivity (Wildman–Crippen MR) is 120 cm³/mol. The Bertz CT molecular complexity index is 946. The smallest absolute Gasteiger partial charge is 0.407 e. The van der Waals surface area contributed by atoms with Crippen molar-refractivity contribution in [3.8, 4) is 0 Å². The van der Waals surface area contributed by atoms with Crippen LogP contribution in [0.5, 0.6) is 0 Å². The lowest BCUT2D eigenvalue weighted by atomic mass is 10.0. The van der Waals surface area contributed by atoms with Crippen LogP contribution in [-0.2, 0) is 9.53 Å². The van der Waals surface area contributed by atoms with E-state index in [0.29, 0.717) is 31.7 Å². The summed E-state index contributed by atoms with van der Waals surface area (Å²) in [5.74, 6) is -0.0341. The van der Waals surface area contributed by atoms with Crippen LogP contribution in [0.3, 0.4) is 0 Å². The molecule has 3 rings (SSSR count). The average Bonchev–Trinajstić information content (AvgIpc) is 2.98. The summed E-state index contributed by atoms with van der Waals surface area (Å²) in [4.78, 5) is 41.0. The minimum Gasteiger partial charge on any atom is -0.444 e. The van der Waals surface area contributed by atoms with Gasteiger partial charge in [0.1, 0.15) is 5.60 Å². The van der Waals surface area contributed by atoms with Crippen molar-refractivity contribution in [2.24, 2.45) is 0 Å². The van der Waals surface area contributed by atoms with Crippen LogP contribution in [0.2, 0.25) is 0 Å². The lowest BCUT2D eigenvalue weighted by molar-refractivity contribution is -0.130. The second-order valence-electron chi connectivity index (χ2n) is 8.73. The van der Waals surface area contributed by atoms with Crippen molar-refractivity contribution in [3.63, 3.8) is 0 Å². The molecule has 3 amide bonds. The van der Waals surface area contributed by atoms with Crippen molar-refractivity contribution in [3.05, 3.63) is 48.0 Å². The zero-order chi connectivity index (χ0) is 22.4. The molecule has 0 radical (unpaired) electrons. The van der Waals surface area contributed by atoms with Crippen molar-refractivity contribution in [1.29, 1.82) is 0 Å². The third kappa shape index (κ3) is 6.20. The monoisotopic (exact) mass is 425 g/mol. The highest BCUT2D eigenvalue weighted by molar-refractivity contribution is 6.07. The van der Waals surface area contributed by atoms with Crippen molar-refractivity contribution >= 4 is 28.7 Å². The minimum atomic E-state index is -0.570. The Balaban J connectivity index is 1.53. The van der Waals surface area contributed by atoms with Gasteiger partial charge in [0.05, 0.1) is 0 Å². The number of nitrogens with zero attached hydrogens (tertiary/aromatic N) is 2. The Morgan fingerprint density at radius 2 is 1.61 bits per heavy atom. The van der Waals surface area contributed by atoms with Gasteiger partial charge in [0, 0.05) is 44.7 Å². The number of hydrogen-bond acceptors (Lipinski definition) is 4. The zero-order valence-corrected chi connectivity index (χ0v) is 18.5. The molecule has 0 saturated carbocycles. The van der Waals surface area contributed by atoms with Crippen LogP contribution in [0.1, 0.15) is 44.0 Å². The van der Waals surface area contributed by atoms with Gasteiger partial charge in [0.2, 0.25) is 5.91 Å². The molecular weight excluding hydrogens is 394 g/mol. The van der Waals surface area contributed by atoms with E-state index in [9.17, 15) is 14.4 Å². The molecule has 1 aliphatic rings. The highest BCUT2D eigenvalue weighted by Gasteiger charge is 2.24. The molecule has 7 heteroatoms. The number of nitrogens with one attached hydrogen (secondary N) is 1. The third-order valence-corrected chi connectivity index (χ3v) is 5.16. The molecule has 2 aromatic carbocycles. The largest absolute Gasteiger partial charge is 0.444 e. The molecule has 1 heterocycles. The third-order valence-electron chi connectivity index (χ3n) is 5.16. The number of carbonyl (C=O) groups excluding carboxylic acids is 3. The number of benzene rings is 2. The van der Waals surface area contributed by atoms with Gasteiger partial charge >= 0.3 is 6.09 Å². The first-order valence-corrected chi connectivity index (χ1v) is 10.8. The van der Waals surface area contributed by atoms with Gasteiger partial charge in [-0.2, -0.15) is 0 Å². The van der Waals surface area contributed by atoms with Gasteiger partial charge in [-0.3, -0.25) is 9.59 Å². The Morgan fingerprint density at radius 1 is 0.935 bits per heavy atom. The van der Waals surface area contributed by atoms with E-state index in [-0.39, 0.29) is 24.8 Å². The molecule has 1 N–H and O–H groups in total. The van der Waals surface area contributed by atoms with Gasteiger partial charge in [-0.25, -0.2) is 4.79 Å². The number of ether oxygens (including phenoxy) is 1. The van der Waals surface area contributed by atoms with E-state index in [4.69, 9.17) is 4.74 Å². The first kappa shape index (κ1) is 22.6. The molecular formula is C24H31N3O4. The predicted octanol–water partition coefficient (Wildman–Crippen LogP) is 3.43. The number of amides is 3. The lowest BCUT2D eigenvalue weighted by Crippen LogP contribution is -2.39. The second-order valence-corrected chi connectivity index (χ2v) is 8.73. The lowest BCUT2D eigenvalue weighted by Gasteiger charge is -2.23. The summed E-state index contributed by atoms with van der Waals surface area (Å²) in [6.07, 6.45) is 0.404. The standard InChI is InChI=1S/C24H31N3O4/c1-24(2,3)31-23(30)25-13-12-21(28)26-14-7-15-27(17-16-26)22(29)20-11-6-9-18-8-4-5-10-19(18)20/h4-6,8-11H,7,12-17H2,1-3H3,(H,25,30). The molecule has 0 bridgehead atoms. The fraction of sp³-hybridized carbons (Fsp3) is 0.458. The van der Waals surface area contributed by atoms with E-state index in [1.807, 2.05) is 47.4 Å². The van der Waals surface area contributed by atoms with Crippen LogP contribution in [0.15, 0.2) is 42.5 Å². The topological polar surface area (TPSA) is 79.0 Å². The Kier molecular flexibility index (Phi) is 7.15. The number of rotatable bonds is 4. The molecule has 1 aliphatic heterocycles. The van der Waals surface area contributed by atoms with Crippen LogP contribution in [0.4, 0.5) is 4.79 Å². The van der Waals surface area contributed by atoms with Crippen LogP contribution < -0.4 is 5.32 Å². The van der Waals surface area contributed by atoms with E-state index in [0.717, 1.165) is 17.2 Å². The van der Waals surface area contributed by atoms with Crippen LogP contribution in [-0.4, -0.2) is 66.0 Å². The fourth-order valence-electron chi connectivity index (χ4n) is 3.70. The summed E-state index contributed by atoms with van der Waals surface area (Å²) in [5.41, 5.74) is 0.123. The van der Waals surface area contributed by atoms with Crippen molar-refractivity contribution in [2.45, 2.75) is 39.2 Å². The Morgan fingerprint density at radius 3 is 2.39 bits per heavy atom. The van der Waals surface area contributed by atoms with Gasteiger partial charge in [0.15, 0.2) is 0 Å². The maximum Gasteiger partial charge on any atom is 0.407 e. The maximum absolute atomic E-state index is 13.2. The van der Waals surface area contributed by atoms with Crippen LogP contribution in [0, 0.1) is 0 Å². The van der Waals surface area contributed by atoms with Crippen LogP contribution >= 0.6 is 0 Å². The van der Waals surface area contributed by atoms with Gasteiger partial charge < -0.3 is 19.9 Å². The highest BCUT2D eigenvalue weighted by Crippen LogP contribution is 2.21. The van der Waals surface area contributed by atoms with Crippen LogP contribution in [0.25, 0.3) is 10.8 Å². The molecule has 1 saturated heterocycles. The van der Waals surface area contributed by atoms with Crippen molar-refractivity contribution in [1.82, 2.24) is 15.1 Å². The summed E-state index contributed by atoms with van der Waals surface area (Å²) >= 11 is 0. The van der Waals surface area contributed by atoms with E-state index >= 15 is 0 Å². The number of hydrogen-bond donors (Lipinski definition) is 1. The summed E-state index contributed by atoms with van der Waals surface area (Å²) in [7, 11) is 0. The normalized spacial score (nSPS) is 14.8. The summed E-state index contributed by atoms with van der Waals surface area (Å²) in [5, 5.41) is 4.60. The minimum absolute atomic E-state index is 0.00214. The van der Waals surface area contributed by atoms with E-state index < -0.39 is 11.7 Å². The van der Waals surface area contributed by atoms with Gasteiger partial charge in [-0.1, -0.05) is 36.4 Å². The molecule has 0 spiro atoms. The summed E-state index contributed by atoms with van der Waals surface area (Å²) in [6.45, 7) is 7.80. The first-order valence-electron chi connectivity index (χ1n) is 10.8. The Hall–Kier alpha value is -3.09. The summed E-state index contributed by atoms with van der Waals surface area (Å²) < 4.78 is 5.18. The summed E-state index contributed by atoms with van der Waals surface area (Å²) in [6, 6.07) is 13.6. The first-order chi connectivity index (χ1) is 14.7. The number of fused-ring (bicyclic) bond motifs is 1. The average molecular weight is 426 g/mol. The molecule has 1 fully saturated rings. The second kappa shape index (κ2) is 9.81. The molecule has 7 nitrogen and oxygen atoms in total. The maximum atomic E-state index is 13.2. The molecule has 2 aromatic rings. The van der Waals surface area contributed by atoms with Gasteiger partial charge in [-0.05, 0) is 44.0 Å².